The Bertz CT molecular complexity index is 593. The minimum absolute atomic E-state index is 0.0945. The van der Waals surface area contributed by atoms with E-state index in [4.69, 9.17) is 0 Å². The van der Waals surface area contributed by atoms with Crippen LogP contribution in [0.25, 0.3) is 5.57 Å². The Labute approximate surface area is 138 Å². The van der Waals surface area contributed by atoms with Gasteiger partial charge in [0, 0.05) is 18.1 Å². The number of hydrogen-bond donors (Lipinski definition) is 1. The second-order valence-corrected chi connectivity index (χ2v) is 7.85. The Kier molecular flexibility index (Phi) is 5.38. The van der Waals surface area contributed by atoms with Crippen molar-refractivity contribution in [2.45, 2.75) is 52.2 Å². The summed E-state index contributed by atoms with van der Waals surface area (Å²) < 4.78 is 0. The number of benzene rings is 1. The number of aryl methyl sites for hydroxylation is 3. The number of rotatable bonds is 4. The number of allylic oxidation sites excluding steroid dienone is 2. The molecule has 1 aliphatic carbocycles. The van der Waals surface area contributed by atoms with Gasteiger partial charge in [0.15, 0.2) is 5.78 Å². The van der Waals surface area contributed by atoms with E-state index < -0.39 is 0 Å². The number of aliphatic hydroxyl groups excluding tert-OH is 1. The average Bonchev–Trinajstić information content (AvgIpc) is 2.40. The molecular weight excluding hydrogens is 292 g/mol. The Hall–Kier alpha value is -1.22. The van der Waals surface area contributed by atoms with Crippen LogP contribution in [-0.4, -0.2) is 22.4 Å². The summed E-state index contributed by atoms with van der Waals surface area (Å²) >= 11 is 1.82. The molecule has 0 fully saturated rings. The highest BCUT2D eigenvalue weighted by Crippen LogP contribution is 2.37. The molecular formula is C19H26O2S. The highest BCUT2D eigenvalue weighted by atomic mass is 32.2. The fraction of sp³-hybridized carbons (Fsp3) is 0.526. The molecule has 0 amide bonds. The van der Waals surface area contributed by atoms with Crippen LogP contribution >= 0.6 is 11.8 Å². The third kappa shape index (κ3) is 3.57. The van der Waals surface area contributed by atoms with Crippen molar-refractivity contribution < 1.29 is 9.90 Å². The number of Topliss-reactive ketones (excluding diaryl/α,β-unsaturated/α-hetero) is 1. The summed E-state index contributed by atoms with van der Waals surface area (Å²) in [5.41, 5.74) is 4.83. The van der Waals surface area contributed by atoms with Crippen molar-refractivity contribution in [2.75, 3.05) is 6.26 Å². The van der Waals surface area contributed by atoms with Crippen molar-refractivity contribution in [2.24, 2.45) is 5.92 Å². The van der Waals surface area contributed by atoms with Gasteiger partial charge in [-0.3, -0.25) is 4.79 Å². The monoisotopic (exact) mass is 318 g/mol. The molecule has 0 saturated carbocycles. The minimum Gasteiger partial charge on any atom is -0.512 e. The fourth-order valence-electron chi connectivity index (χ4n) is 3.56. The number of carbonyl (C=O) groups excluding carboxylic acids is 1. The predicted molar refractivity (Wildman–Crippen MR) is 95.5 cm³/mol. The van der Waals surface area contributed by atoms with Crippen molar-refractivity contribution in [1.29, 1.82) is 0 Å². The van der Waals surface area contributed by atoms with Gasteiger partial charge in [-0.2, -0.15) is 11.8 Å². The molecule has 1 aromatic carbocycles. The summed E-state index contributed by atoms with van der Waals surface area (Å²) in [4.78, 5) is 12.7. The smallest absolute Gasteiger partial charge is 0.167 e. The molecule has 0 radical (unpaired) electrons. The zero-order valence-electron chi connectivity index (χ0n) is 14.2. The van der Waals surface area contributed by atoms with Crippen molar-refractivity contribution in [1.82, 2.24) is 0 Å². The molecule has 1 aliphatic rings. The lowest BCUT2D eigenvalue weighted by Crippen LogP contribution is -2.22. The van der Waals surface area contributed by atoms with E-state index in [9.17, 15) is 9.90 Å². The number of thioether (sulfide) groups is 1. The van der Waals surface area contributed by atoms with E-state index in [1.165, 1.54) is 5.56 Å². The Balaban J connectivity index is 2.36. The summed E-state index contributed by atoms with van der Waals surface area (Å²) in [6.07, 6.45) is 4.25. The van der Waals surface area contributed by atoms with Crippen LogP contribution in [0, 0.1) is 26.7 Å². The van der Waals surface area contributed by atoms with Gasteiger partial charge < -0.3 is 5.11 Å². The molecule has 0 heterocycles. The van der Waals surface area contributed by atoms with Gasteiger partial charge in [-0.15, -0.1) is 0 Å². The Morgan fingerprint density at radius 2 is 1.82 bits per heavy atom. The molecule has 3 heteroatoms. The highest BCUT2D eigenvalue weighted by Gasteiger charge is 2.30. The van der Waals surface area contributed by atoms with Crippen LogP contribution in [0.3, 0.4) is 0 Å². The first kappa shape index (κ1) is 17.1. The maximum Gasteiger partial charge on any atom is 0.167 e. The van der Waals surface area contributed by atoms with E-state index >= 15 is 0 Å². The largest absolute Gasteiger partial charge is 0.512 e. The lowest BCUT2D eigenvalue weighted by atomic mass is 9.80. The number of carbonyl (C=O) groups is 1. The van der Waals surface area contributed by atoms with E-state index in [1.54, 1.807) is 0 Å². The van der Waals surface area contributed by atoms with E-state index in [1.807, 2.05) is 25.6 Å². The lowest BCUT2D eigenvalue weighted by Gasteiger charge is -2.26. The molecule has 0 aromatic heterocycles. The molecule has 1 aromatic rings. The highest BCUT2D eigenvalue weighted by molar-refractivity contribution is 7.99. The second-order valence-electron chi connectivity index (χ2n) is 6.57. The van der Waals surface area contributed by atoms with Crippen LogP contribution in [0.1, 0.15) is 48.4 Å². The molecule has 22 heavy (non-hydrogen) atoms. The Morgan fingerprint density at radius 1 is 1.23 bits per heavy atom. The second kappa shape index (κ2) is 6.91. The summed E-state index contributed by atoms with van der Waals surface area (Å²) in [6.45, 7) is 8.27. The van der Waals surface area contributed by atoms with Crippen LogP contribution in [0.4, 0.5) is 0 Å². The lowest BCUT2D eigenvalue weighted by molar-refractivity contribution is -0.115. The molecule has 2 unspecified atom stereocenters. The Morgan fingerprint density at radius 3 is 2.32 bits per heavy atom. The van der Waals surface area contributed by atoms with Gasteiger partial charge in [-0.05, 0) is 56.1 Å². The van der Waals surface area contributed by atoms with Gasteiger partial charge in [0.1, 0.15) is 5.76 Å². The zero-order chi connectivity index (χ0) is 16.4. The topological polar surface area (TPSA) is 37.3 Å². The van der Waals surface area contributed by atoms with Gasteiger partial charge in [0.2, 0.25) is 0 Å². The number of aliphatic hydroxyl groups is 1. The third-order valence-electron chi connectivity index (χ3n) is 4.52. The summed E-state index contributed by atoms with van der Waals surface area (Å²) in [5, 5.41) is 11.0. The predicted octanol–water partition coefficient (Wildman–Crippen LogP) is 5.00. The van der Waals surface area contributed by atoms with E-state index in [-0.39, 0.29) is 17.5 Å². The van der Waals surface area contributed by atoms with E-state index in [2.05, 4.69) is 32.2 Å². The maximum atomic E-state index is 12.7. The first-order valence-corrected chi connectivity index (χ1v) is 9.18. The maximum absolute atomic E-state index is 12.7. The fourth-order valence-corrected chi connectivity index (χ4v) is 4.03. The van der Waals surface area contributed by atoms with Crippen molar-refractivity contribution in [3.63, 3.8) is 0 Å². The van der Waals surface area contributed by atoms with Crippen molar-refractivity contribution in [3.8, 4) is 0 Å². The first-order chi connectivity index (χ1) is 10.3. The van der Waals surface area contributed by atoms with Gasteiger partial charge in [-0.1, -0.05) is 24.6 Å². The first-order valence-electron chi connectivity index (χ1n) is 7.89. The number of hydrogen-bond acceptors (Lipinski definition) is 3. The average molecular weight is 318 g/mol. The summed E-state index contributed by atoms with van der Waals surface area (Å²) in [5.74, 6) is 0.645. The van der Waals surface area contributed by atoms with Crippen LogP contribution in [0.5, 0.6) is 0 Å². The zero-order valence-corrected chi connectivity index (χ0v) is 15.0. The number of ketones is 1. The van der Waals surface area contributed by atoms with Crippen molar-refractivity contribution in [3.05, 3.63) is 40.1 Å². The third-order valence-corrected chi connectivity index (χ3v) is 5.52. The molecule has 1 N–H and O–H groups in total. The molecule has 2 atom stereocenters. The van der Waals surface area contributed by atoms with Gasteiger partial charge in [-0.25, -0.2) is 0 Å². The SMILES string of the molecule is CSC(C)CC1CC(=O)C(c2c(C)cc(C)cc2C)=C(O)C1. The van der Waals surface area contributed by atoms with Crippen LogP contribution < -0.4 is 0 Å². The molecule has 120 valence electrons. The summed E-state index contributed by atoms with van der Waals surface area (Å²) in [6, 6.07) is 4.16. The van der Waals surface area contributed by atoms with E-state index in [0.29, 0.717) is 23.7 Å². The van der Waals surface area contributed by atoms with Crippen LogP contribution in [0.2, 0.25) is 0 Å². The van der Waals surface area contributed by atoms with Crippen LogP contribution in [0.15, 0.2) is 17.9 Å². The summed E-state index contributed by atoms with van der Waals surface area (Å²) in [7, 11) is 0. The minimum atomic E-state index is 0.0945. The quantitative estimate of drug-likeness (QED) is 0.848. The van der Waals surface area contributed by atoms with Gasteiger partial charge in [0.25, 0.3) is 0 Å². The van der Waals surface area contributed by atoms with Crippen molar-refractivity contribution >= 4 is 23.1 Å². The standard InChI is InChI=1S/C19H26O2S/c1-11-6-12(2)18(13(3)7-11)19-16(20)9-15(10-17(19)21)8-14(4)22-5/h6-7,14-15,20H,8-10H2,1-5H3. The molecule has 2 rings (SSSR count). The van der Waals surface area contributed by atoms with Gasteiger partial charge in [0.05, 0.1) is 5.57 Å². The van der Waals surface area contributed by atoms with Crippen LogP contribution in [-0.2, 0) is 4.79 Å². The molecule has 0 spiro atoms. The molecule has 2 nitrogen and oxygen atoms in total. The molecule has 0 bridgehead atoms. The normalized spacial score (nSPS) is 20.4. The van der Waals surface area contributed by atoms with E-state index in [0.717, 1.165) is 23.1 Å². The molecule has 0 saturated heterocycles. The van der Waals surface area contributed by atoms with Gasteiger partial charge >= 0.3 is 0 Å². The molecule has 0 aliphatic heterocycles.